The van der Waals surface area contributed by atoms with Gasteiger partial charge in [0.2, 0.25) is 5.91 Å². The highest BCUT2D eigenvalue weighted by atomic mass is 16.1. The van der Waals surface area contributed by atoms with E-state index in [-0.39, 0.29) is 5.91 Å². The van der Waals surface area contributed by atoms with Crippen molar-refractivity contribution in [3.63, 3.8) is 0 Å². The van der Waals surface area contributed by atoms with Crippen LogP contribution in [-0.2, 0) is 17.9 Å². The molecule has 0 radical (unpaired) electrons. The number of likely N-dealkylation sites (tertiary alicyclic amines) is 1. The van der Waals surface area contributed by atoms with Crippen molar-refractivity contribution in [2.45, 2.75) is 45.2 Å². The molecule has 156 valence electrons. The minimum atomic E-state index is -0.00483. The molecule has 1 N–H and O–H groups in total. The minimum Gasteiger partial charge on any atom is -0.311 e. The van der Waals surface area contributed by atoms with Crippen molar-refractivity contribution in [2.75, 3.05) is 18.4 Å². The van der Waals surface area contributed by atoms with Crippen LogP contribution in [0.4, 0.5) is 5.82 Å². The Morgan fingerprint density at radius 3 is 2.63 bits per heavy atom. The predicted octanol–water partition coefficient (Wildman–Crippen LogP) is 3.45. The minimum absolute atomic E-state index is 0.00483. The normalized spacial score (nSPS) is 15.2. The zero-order chi connectivity index (χ0) is 20.8. The molecule has 0 unspecified atom stereocenters. The zero-order valence-corrected chi connectivity index (χ0v) is 17.4. The number of pyridine rings is 1. The van der Waals surface area contributed by atoms with E-state index in [1.807, 2.05) is 48.1 Å². The smallest absolute Gasteiger partial charge is 0.225 e. The van der Waals surface area contributed by atoms with Crippen LogP contribution in [0.2, 0.25) is 0 Å². The van der Waals surface area contributed by atoms with Gasteiger partial charge in [-0.2, -0.15) is 0 Å². The summed E-state index contributed by atoms with van der Waals surface area (Å²) in [5, 5.41) is 11.5. The number of nitrogens with one attached hydrogen (secondary N) is 1. The van der Waals surface area contributed by atoms with E-state index in [2.05, 4.69) is 43.7 Å². The first-order valence-corrected chi connectivity index (χ1v) is 10.6. The molecule has 30 heavy (non-hydrogen) atoms. The quantitative estimate of drug-likeness (QED) is 0.653. The predicted molar refractivity (Wildman–Crippen MR) is 116 cm³/mol. The van der Waals surface area contributed by atoms with Gasteiger partial charge in [0.15, 0.2) is 0 Å². The van der Waals surface area contributed by atoms with Crippen LogP contribution in [0.3, 0.4) is 0 Å². The lowest BCUT2D eigenvalue weighted by atomic mass is 9.93. The van der Waals surface area contributed by atoms with Gasteiger partial charge in [0, 0.05) is 24.6 Å². The van der Waals surface area contributed by atoms with Gasteiger partial charge in [-0.1, -0.05) is 48.5 Å². The molecule has 4 rings (SSSR count). The summed E-state index contributed by atoms with van der Waals surface area (Å²) in [5.41, 5.74) is 3.30. The van der Waals surface area contributed by atoms with Crippen LogP contribution in [0.1, 0.15) is 49.1 Å². The van der Waals surface area contributed by atoms with Crippen molar-refractivity contribution >= 4 is 11.7 Å². The van der Waals surface area contributed by atoms with Gasteiger partial charge in [-0.15, -0.1) is 5.10 Å². The van der Waals surface area contributed by atoms with Gasteiger partial charge < -0.3 is 5.32 Å². The van der Waals surface area contributed by atoms with Gasteiger partial charge >= 0.3 is 0 Å². The van der Waals surface area contributed by atoms with Gasteiger partial charge in [0.25, 0.3) is 0 Å². The van der Waals surface area contributed by atoms with E-state index in [4.69, 9.17) is 0 Å². The van der Waals surface area contributed by atoms with E-state index in [0.29, 0.717) is 18.2 Å². The molecule has 0 saturated carbocycles. The molecule has 1 amide bonds. The van der Waals surface area contributed by atoms with Crippen LogP contribution in [0.5, 0.6) is 0 Å². The molecule has 1 aliphatic heterocycles. The molecular weight excluding hydrogens is 376 g/mol. The molecule has 0 spiro atoms. The monoisotopic (exact) mass is 404 g/mol. The molecule has 3 aromatic rings. The van der Waals surface area contributed by atoms with Gasteiger partial charge in [-0.25, -0.2) is 9.67 Å². The van der Waals surface area contributed by atoms with Crippen molar-refractivity contribution in [3.05, 3.63) is 71.7 Å². The fraction of sp³-hybridized carbons (Fsp3) is 0.391. The van der Waals surface area contributed by atoms with Crippen LogP contribution in [0.25, 0.3) is 0 Å². The zero-order valence-electron chi connectivity index (χ0n) is 17.4. The number of aromatic nitrogens is 4. The molecule has 1 fully saturated rings. The van der Waals surface area contributed by atoms with Gasteiger partial charge in [0.05, 0.1) is 18.4 Å². The maximum atomic E-state index is 11.6. The third kappa shape index (κ3) is 5.30. The highest BCUT2D eigenvalue weighted by Crippen LogP contribution is 2.28. The van der Waals surface area contributed by atoms with E-state index in [9.17, 15) is 4.79 Å². The van der Waals surface area contributed by atoms with E-state index in [0.717, 1.165) is 50.4 Å². The summed E-state index contributed by atoms with van der Waals surface area (Å²) in [5.74, 6) is 1.07. The Balaban J connectivity index is 1.29. The first-order chi connectivity index (χ1) is 14.7. The number of carbonyl (C=O) groups excluding carboxylic acids is 1. The highest BCUT2D eigenvalue weighted by molar-refractivity contribution is 5.89. The molecule has 0 atom stereocenters. The summed E-state index contributed by atoms with van der Waals surface area (Å²) in [6.45, 7) is 5.41. The number of rotatable bonds is 7. The standard InChI is InChI=1S/C23H28N6O/c1-2-23(30)25-22-10-6-9-21(24-22)19-11-13-28(14-12-19)16-20-17-29(27-26-20)15-18-7-4-3-5-8-18/h3-10,17,19H,2,11-16H2,1H3,(H,24,25,30). The number of hydrogen-bond acceptors (Lipinski definition) is 5. The number of anilines is 1. The molecule has 7 heteroatoms. The number of hydrogen-bond donors (Lipinski definition) is 1. The maximum Gasteiger partial charge on any atom is 0.225 e. The molecule has 1 saturated heterocycles. The Morgan fingerprint density at radius 1 is 1.07 bits per heavy atom. The Hall–Kier alpha value is -3.06. The largest absolute Gasteiger partial charge is 0.311 e. The van der Waals surface area contributed by atoms with Gasteiger partial charge in [-0.05, 0) is 43.6 Å². The number of nitrogens with zero attached hydrogens (tertiary/aromatic N) is 5. The molecule has 1 aromatic carbocycles. The first-order valence-electron chi connectivity index (χ1n) is 10.6. The molecule has 0 aliphatic carbocycles. The van der Waals surface area contributed by atoms with Crippen molar-refractivity contribution in [1.29, 1.82) is 0 Å². The second-order valence-electron chi connectivity index (χ2n) is 7.79. The Bertz CT molecular complexity index is 963. The Morgan fingerprint density at radius 2 is 1.87 bits per heavy atom. The molecule has 3 heterocycles. The molecular formula is C23H28N6O. The lowest BCUT2D eigenvalue weighted by molar-refractivity contribution is -0.115. The van der Waals surface area contributed by atoms with Gasteiger partial charge in [-0.3, -0.25) is 9.69 Å². The van der Waals surface area contributed by atoms with E-state index < -0.39 is 0 Å². The number of piperidine rings is 1. The number of carbonyl (C=O) groups is 1. The summed E-state index contributed by atoms with van der Waals surface area (Å²) in [7, 11) is 0. The topological polar surface area (TPSA) is 75.9 Å². The van der Waals surface area contributed by atoms with Crippen molar-refractivity contribution in [3.8, 4) is 0 Å². The molecule has 0 bridgehead atoms. The fourth-order valence-corrected chi connectivity index (χ4v) is 3.85. The van der Waals surface area contributed by atoms with E-state index in [1.54, 1.807) is 0 Å². The van der Waals surface area contributed by atoms with Gasteiger partial charge in [0.1, 0.15) is 5.82 Å². The average molecular weight is 405 g/mol. The Labute approximate surface area is 177 Å². The SMILES string of the molecule is CCC(=O)Nc1cccc(C2CCN(Cc3cn(Cc4ccccc4)nn3)CC2)n1. The fourth-order valence-electron chi connectivity index (χ4n) is 3.85. The summed E-state index contributed by atoms with van der Waals surface area (Å²) in [4.78, 5) is 18.7. The summed E-state index contributed by atoms with van der Waals surface area (Å²) in [6.07, 6.45) is 4.60. The summed E-state index contributed by atoms with van der Waals surface area (Å²) < 4.78 is 1.90. The van der Waals surface area contributed by atoms with Crippen molar-refractivity contribution in [1.82, 2.24) is 24.9 Å². The van der Waals surface area contributed by atoms with Crippen molar-refractivity contribution in [2.24, 2.45) is 0 Å². The second-order valence-corrected chi connectivity index (χ2v) is 7.79. The summed E-state index contributed by atoms with van der Waals surface area (Å²) >= 11 is 0. The lowest BCUT2D eigenvalue weighted by Crippen LogP contribution is -2.32. The lowest BCUT2D eigenvalue weighted by Gasteiger charge is -2.31. The van der Waals surface area contributed by atoms with Crippen LogP contribution < -0.4 is 5.32 Å². The van der Waals surface area contributed by atoms with Crippen LogP contribution in [-0.4, -0.2) is 43.9 Å². The molecule has 2 aromatic heterocycles. The van der Waals surface area contributed by atoms with Crippen LogP contribution >= 0.6 is 0 Å². The third-order valence-electron chi connectivity index (χ3n) is 5.52. The van der Waals surface area contributed by atoms with E-state index >= 15 is 0 Å². The van der Waals surface area contributed by atoms with Crippen LogP contribution in [0, 0.1) is 0 Å². The highest BCUT2D eigenvalue weighted by Gasteiger charge is 2.22. The van der Waals surface area contributed by atoms with Crippen LogP contribution in [0.15, 0.2) is 54.7 Å². The third-order valence-corrected chi connectivity index (χ3v) is 5.52. The maximum absolute atomic E-state index is 11.6. The van der Waals surface area contributed by atoms with E-state index in [1.165, 1.54) is 5.56 Å². The first kappa shape index (κ1) is 20.2. The Kier molecular flexibility index (Phi) is 6.49. The van der Waals surface area contributed by atoms with Crippen molar-refractivity contribution < 1.29 is 4.79 Å². The number of benzene rings is 1. The molecule has 1 aliphatic rings. The molecule has 7 nitrogen and oxygen atoms in total. The number of amides is 1. The second kappa shape index (κ2) is 9.63. The average Bonchev–Trinajstić information content (AvgIpc) is 3.21. The summed E-state index contributed by atoms with van der Waals surface area (Å²) in [6, 6.07) is 16.2.